The molecule has 0 aliphatic carbocycles. The third-order valence-corrected chi connectivity index (χ3v) is 5.02. The summed E-state index contributed by atoms with van der Waals surface area (Å²) in [6.07, 6.45) is 2.39. The van der Waals surface area contributed by atoms with Gasteiger partial charge in [-0.2, -0.15) is 0 Å². The zero-order chi connectivity index (χ0) is 21.8. The molecule has 0 fully saturated rings. The molecule has 2 aromatic carbocycles. The number of hydrogen-bond donors (Lipinski definition) is 0. The molecule has 4 rings (SSSR count). The largest absolute Gasteiger partial charge is 0.449 e. The molecule has 154 valence electrons. The minimum atomic E-state index is -0.950. The second kappa shape index (κ2) is 8.75. The molecular formula is C25H21N3O3. The SMILES string of the molecule is C[C@H](OC(=O)c1cc(-c2ccncc2)nc2ccccc12)C(=O)N(C)c1ccccc1. The van der Waals surface area contributed by atoms with Crippen molar-refractivity contribution in [3.05, 3.63) is 90.8 Å². The molecule has 1 amide bonds. The van der Waals surface area contributed by atoms with Crippen LogP contribution in [0.2, 0.25) is 0 Å². The van der Waals surface area contributed by atoms with Gasteiger partial charge in [-0.05, 0) is 43.3 Å². The average molecular weight is 411 g/mol. The van der Waals surface area contributed by atoms with Gasteiger partial charge in [0, 0.05) is 36.1 Å². The zero-order valence-electron chi connectivity index (χ0n) is 17.2. The number of hydrogen-bond acceptors (Lipinski definition) is 5. The summed E-state index contributed by atoms with van der Waals surface area (Å²) in [6.45, 7) is 1.58. The Kier molecular flexibility index (Phi) is 5.71. The number of pyridine rings is 2. The van der Waals surface area contributed by atoms with Crippen LogP contribution < -0.4 is 4.90 Å². The van der Waals surface area contributed by atoms with Gasteiger partial charge in [-0.25, -0.2) is 9.78 Å². The molecule has 2 heterocycles. The van der Waals surface area contributed by atoms with Gasteiger partial charge >= 0.3 is 5.97 Å². The zero-order valence-corrected chi connectivity index (χ0v) is 17.2. The highest BCUT2D eigenvalue weighted by Gasteiger charge is 2.24. The Morgan fingerprint density at radius 2 is 1.61 bits per heavy atom. The number of ether oxygens (including phenoxy) is 1. The second-order valence-corrected chi connectivity index (χ2v) is 7.09. The normalized spacial score (nSPS) is 11.7. The van der Waals surface area contributed by atoms with Gasteiger partial charge in [0.15, 0.2) is 6.10 Å². The molecule has 0 unspecified atom stereocenters. The Morgan fingerprint density at radius 3 is 2.35 bits per heavy atom. The number of amides is 1. The first-order valence-corrected chi connectivity index (χ1v) is 9.88. The van der Waals surface area contributed by atoms with Crippen molar-refractivity contribution >= 4 is 28.5 Å². The lowest BCUT2D eigenvalue weighted by Crippen LogP contribution is -2.37. The fraction of sp³-hybridized carbons (Fsp3) is 0.120. The van der Waals surface area contributed by atoms with Crippen LogP contribution in [-0.4, -0.2) is 35.0 Å². The van der Waals surface area contributed by atoms with E-state index in [0.29, 0.717) is 22.2 Å². The summed E-state index contributed by atoms with van der Waals surface area (Å²) < 4.78 is 5.57. The number of carbonyl (C=O) groups excluding carboxylic acids is 2. The van der Waals surface area contributed by atoms with Gasteiger partial charge in [-0.1, -0.05) is 36.4 Å². The molecule has 31 heavy (non-hydrogen) atoms. The van der Waals surface area contributed by atoms with Gasteiger partial charge in [0.25, 0.3) is 5.91 Å². The van der Waals surface area contributed by atoms with E-state index in [-0.39, 0.29) is 5.91 Å². The van der Waals surface area contributed by atoms with Gasteiger partial charge < -0.3 is 9.64 Å². The summed E-state index contributed by atoms with van der Waals surface area (Å²) in [5.41, 5.74) is 3.23. The molecule has 1 atom stereocenters. The smallest absolute Gasteiger partial charge is 0.339 e. The van der Waals surface area contributed by atoms with Crippen LogP contribution in [-0.2, 0) is 9.53 Å². The number of nitrogens with zero attached hydrogens (tertiary/aromatic N) is 3. The quantitative estimate of drug-likeness (QED) is 0.452. The Morgan fingerprint density at radius 1 is 0.935 bits per heavy atom. The fourth-order valence-corrected chi connectivity index (χ4v) is 3.34. The van der Waals surface area contributed by atoms with Crippen LogP contribution in [0.4, 0.5) is 5.69 Å². The maximum Gasteiger partial charge on any atom is 0.339 e. The Bertz CT molecular complexity index is 1230. The van der Waals surface area contributed by atoms with Crippen LogP contribution >= 0.6 is 0 Å². The minimum absolute atomic E-state index is 0.313. The Balaban J connectivity index is 1.63. The number of likely N-dealkylation sites (N-methyl/N-ethyl adjacent to an activating group) is 1. The number of esters is 1. The molecular weight excluding hydrogens is 390 g/mol. The summed E-state index contributed by atoms with van der Waals surface area (Å²) in [5.74, 6) is -0.886. The van der Waals surface area contributed by atoms with Crippen molar-refractivity contribution in [2.24, 2.45) is 0 Å². The molecule has 6 nitrogen and oxygen atoms in total. The third kappa shape index (κ3) is 4.28. The van der Waals surface area contributed by atoms with Gasteiger partial charge in [-0.15, -0.1) is 0 Å². The van der Waals surface area contributed by atoms with Gasteiger partial charge in [0.1, 0.15) is 0 Å². The maximum atomic E-state index is 13.1. The van der Waals surface area contributed by atoms with Crippen molar-refractivity contribution in [3.8, 4) is 11.3 Å². The van der Waals surface area contributed by atoms with Crippen LogP contribution in [0.25, 0.3) is 22.2 Å². The molecule has 0 saturated carbocycles. The summed E-state index contributed by atoms with van der Waals surface area (Å²) >= 11 is 0. The number of anilines is 1. The lowest BCUT2D eigenvalue weighted by atomic mass is 10.0. The molecule has 0 spiro atoms. The van der Waals surface area contributed by atoms with Gasteiger partial charge in [0.05, 0.1) is 16.8 Å². The molecule has 4 aromatic rings. The Labute approximate surface area is 180 Å². The Hall–Kier alpha value is -4.06. The first-order chi connectivity index (χ1) is 15.0. The molecule has 0 bridgehead atoms. The molecule has 0 radical (unpaired) electrons. The maximum absolute atomic E-state index is 13.1. The van der Waals surface area contributed by atoms with E-state index >= 15 is 0 Å². The number of rotatable bonds is 5. The van der Waals surface area contributed by atoms with Crippen LogP contribution in [0.5, 0.6) is 0 Å². The van der Waals surface area contributed by atoms with E-state index in [1.54, 1.807) is 32.4 Å². The van der Waals surface area contributed by atoms with E-state index in [9.17, 15) is 9.59 Å². The number of carbonyl (C=O) groups is 2. The van der Waals surface area contributed by atoms with E-state index < -0.39 is 12.1 Å². The highest BCUT2D eigenvalue weighted by Crippen LogP contribution is 2.25. The van der Waals surface area contributed by atoms with Crippen LogP contribution in [0.1, 0.15) is 17.3 Å². The van der Waals surface area contributed by atoms with Gasteiger partial charge in [0.2, 0.25) is 0 Å². The molecule has 2 aromatic heterocycles. The number of para-hydroxylation sites is 2. The van der Waals surface area contributed by atoms with Crippen LogP contribution in [0.15, 0.2) is 85.2 Å². The second-order valence-electron chi connectivity index (χ2n) is 7.09. The van der Waals surface area contributed by atoms with E-state index in [1.807, 2.05) is 66.7 Å². The van der Waals surface area contributed by atoms with Gasteiger partial charge in [-0.3, -0.25) is 9.78 Å². The van der Waals surface area contributed by atoms with Crippen molar-refractivity contribution in [1.82, 2.24) is 9.97 Å². The van der Waals surface area contributed by atoms with Crippen LogP contribution in [0, 0.1) is 0 Å². The highest BCUT2D eigenvalue weighted by molar-refractivity contribution is 6.06. The van der Waals surface area contributed by atoms with Crippen molar-refractivity contribution in [2.45, 2.75) is 13.0 Å². The standard InChI is InChI=1S/C25H21N3O3/c1-17(24(29)28(2)19-8-4-3-5-9-19)31-25(30)21-16-23(18-12-14-26-15-13-18)27-22-11-7-6-10-20(21)22/h3-17H,1-2H3/t17-/m0/s1. The minimum Gasteiger partial charge on any atom is -0.449 e. The summed E-state index contributed by atoms with van der Waals surface area (Å²) in [5, 5.41) is 0.668. The van der Waals surface area contributed by atoms with Crippen molar-refractivity contribution in [3.63, 3.8) is 0 Å². The molecule has 0 saturated heterocycles. The third-order valence-electron chi connectivity index (χ3n) is 5.02. The predicted molar refractivity (Wildman–Crippen MR) is 120 cm³/mol. The molecule has 0 aliphatic heterocycles. The number of fused-ring (bicyclic) bond motifs is 1. The van der Waals surface area contributed by atoms with E-state index in [0.717, 1.165) is 11.3 Å². The first-order valence-electron chi connectivity index (χ1n) is 9.88. The van der Waals surface area contributed by atoms with Crippen LogP contribution in [0.3, 0.4) is 0 Å². The van der Waals surface area contributed by atoms with Crippen molar-refractivity contribution in [1.29, 1.82) is 0 Å². The molecule has 0 N–H and O–H groups in total. The lowest BCUT2D eigenvalue weighted by molar-refractivity contribution is -0.126. The molecule has 0 aliphatic rings. The summed E-state index contributed by atoms with van der Waals surface area (Å²) in [7, 11) is 1.66. The number of aromatic nitrogens is 2. The van der Waals surface area contributed by atoms with E-state index in [4.69, 9.17) is 4.74 Å². The number of benzene rings is 2. The predicted octanol–water partition coefficient (Wildman–Crippen LogP) is 4.51. The van der Waals surface area contributed by atoms with Crippen molar-refractivity contribution < 1.29 is 14.3 Å². The molecule has 6 heteroatoms. The van der Waals surface area contributed by atoms with Crippen molar-refractivity contribution in [2.75, 3.05) is 11.9 Å². The monoisotopic (exact) mass is 411 g/mol. The topological polar surface area (TPSA) is 72.4 Å². The first kappa shape index (κ1) is 20.2. The lowest BCUT2D eigenvalue weighted by Gasteiger charge is -2.22. The van der Waals surface area contributed by atoms with E-state index in [1.165, 1.54) is 4.90 Å². The summed E-state index contributed by atoms with van der Waals surface area (Å²) in [6, 6.07) is 21.9. The van der Waals surface area contributed by atoms with E-state index in [2.05, 4.69) is 9.97 Å². The summed E-state index contributed by atoms with van der Waals surface area (Å²) in [4.78, 5) is 36.0. The highest BCUT2D eigenvalue weighted by atomic mass is 16.5. The average Bonchev–Trinajstić information content (AvgIpc) is 2.83. The fourth-order valence-electron chi connectivity index (χ4n) is 3.34.